The highest BCUT2D eigenvalue weighted by atomic mass is 28.3. The van der Waals surface area contributed by atoms with Crippen LogP contribution in [0, 0.1) is 6.92 Å². The molecule has 1 nitrogen and oxygen atoms in total. The minimum Gasteiger partial charge on any atom is -0.295 e. The molecule has 1 aliphatic rings. The summed E-state index contributed by atoms with van der Waals surface area (Å²) in [4.78, 5) is 12.5. The molecule has 0 saturated heterocycles. The van der Waals surface area contributed by atoms with Gasteiger partial charge in [0.05, 0.1) is 8.07 Å². The summed E-state index contributed by atoms with van der Waals surface area (Å²) in [5.74, 6) is 0.340. The molecule has 118 valence electrons. The van der Waals surface area contributed by atoms with E-state index in [1.807, 2.05) is 0 Å². The maximum Gasteiger partial charge on any atom is 0.158 e. The highest BCUT2D eigenvalue weighted by Crippen LogP contribution is 2.41. The van der Waals surface area contributed by atoms with Crippen LogP contribution in [0.3, 0.4) is 0 Å². The highest BCUT2D eigenvalue weighted by molar-refractivity contribution is 6.92. The third-order valence-corrected chi connectivity index (χ3v) is 9.31. The number of carbonyl (C=O) groups excluding carboxylic acids is 1. The summed E-state index contributed by atoms with van der Waals surface area (Å²) in [5.41, 5.74) is 3.86. The molecule has 2 heteroatoms. The van der Waals surface area contributed by atoms with Gasteiger partial charge >= 0.3 is 0 Å². The highest BCUT2D eigenvalue weighted by Gasteiger charge is 2.41. The topological polar surface area (TPSA) is 17.1 Å². The molecule has 0 N–H and O–H groups in total. The number of ketones is 1. The van der Waals surface area contributed by atoms with Crippen molar-refractivity contribution < 1.29 is 4.79 Å². The van der Waals surface area contributed by atoms with Crippen LogP contribution < -0.4 is 5.19 Å². The second-order valence-corrected chi connectivity index (χ2v) is 11.8. The van der Waals surface area contributed by atoms with E-state index in [0.717, 1.165) is 17.6 Å². The zero-order valence-electron chi connectivity index (χ0n) is 14.2. The van der Waals surface area contributed by atoms with Crippen molar-refractivity contribution in [2.75, 3.05) is 0 Å². The molecule has 3 rings (SSSR count). The zero-order chi connectivity index (χ0) is 16.4. The Kier molecular flexibility index (Phi) is 4.36. The Labute approximate surface area is 140 Å². The number of rotatable bonds is 3. The van der Waals surface area contributed by atoms with Gasteiger partial charge in [-0.25, -0.2) is 0 Å². The van der Waals surface area contributed by atoms with E-state index in [1.54, 1.807) is 0 Å². The summed E-state index contributed by atoms with van der Waals surface area (Å²) in [7, 11) is -1.71. The summed E-state index contributed by atoms with van der Waals surface area (Å²) in [6.45, 7) is 6.88. The summed E-state index contributed by atoms with van der Waals surface area (Å²) in [6, 6.07) is 19.2. The van der Waals surface area contributed by atoms with Gasteiger partial charge < -0.3 is 0 Å². The quantitative estimate of drug-likeness (QED) is 0.590. The van der Waals surface area contributed by atoms with Crippen molar-refractivity contribution in [2.45, 2.75) is 38.4 Å². The first kappa shape index (κ1) is 15.9. The molecular weight excluding hydrogens is 296 g/mol. The van der Waals surface area contributed by atoms with Crippen LogP contribution in [0.25, 0.3) is 6.08 Å². The fourth-order valence-corrected chi connectivity index (χ4v) is 6.95. The van der Waals surface area contributed by atoms with Crippen LogP contribution in [0.4, 0.5) is 0 Å². The van der Waals surface area contributed by atoms with Crippen LogP contribution in [0.1, 0.15) is 24.0 Å². The largest absolute Gasteiger partial charge is 0.295 e. The maximum absolute atomic E-state index is 12.5. The van der Waals surface area contributed by atoms with E-state index in [2.05, 4.69) is 80.7 Å². The Bertz CT molecular complexity index is 726. The van der Waals surface area contributed by atoms with Crippen molar-refractivity contribution >= 4 is 25.1 Å². The normalized spacial score (nSPS) is 20.2. The van der Waals surface area contributed by atoms with Gasteiger partial charge in [-0.15, -0.1) is 0 Å². The SMILES string of the molecule is Cc1ccc(C=C2C(=O)CCC2[Si](C)(C)c2ccccc2)cc1. The van der Waals surface area contributed by atoms with E-state index in [9.17, 15) is 4.79 Å². The molecule has 0 bridgehead atoms. The number of aryl methyl sites for hydroxylation is 1. The van der Waals surface area contributed by atoms with Crippen LogP contribution in [0.5, 0.6) is 0 Å². The number of benzene rings is 2. The lowest BCUT2D eigenvalue weighted by Gasteiger charge is -2.30. The Hall–Kier alpha value is -1.93. The molecule has 1 atom stereocenters. The van der Waals surface area contributed by atoms with Gasteiger partial charge in [0.15, 0.2) is 5.78 Å². The predicted molar refractivity (Wildman–Crippen MR) is 101 cm³/mol. The minimum atomic E-state index is -1.71. The van der Waals surface area contributed by atoms with Crippen LogP contribution in [-0.2, 0) is 4.79 Å². The Balaban J connectivity index is 1.98. The van der Waals surface area contributed by atoms with Gasteiger partial charge in [-0.3, -0.25) is 4.79 Å². The molecular formula is C21H24OSi. The third kappa shape index (κ3) is 3.23. The first-order valence-corrected chi connectivity index (χ1v) is 11.4. The summed E-state index contributed by atoms with van der Waals surface area (Å²) in [5, 5.41) is 1.44. The number of hydrogen-bond acceptors (Lipinski definition) is 1. The van der Waals surface area contributed by atoms with E-state index in [4.69, 9.17) is 0 Å². The second-order valence-electron chi connectivity index (χ2n) is 7.11. The van der Waals surface area contributed by atoms with Crippen molar-refractivity contribution in [2.24, 2.45) is 0 Å². The molecule has 0 amide bonds. The maximum atomic E-state index is 12.5. The van der Waals surface area contributed by atoms with E-state index >= 15 is 0 Å². The standard InChI is InChI=1S/C21H24OSi/c1-16-9-11-17(12-10-16)15-19-20(22)13-14-21(19)23(2,3)18-7-5-4-6-8-18/h4-12,15,21H,13-14H2,1-3H3. The summed E-state index contributed by atoms with van der Waals surface area (Å²) in [6.07, 6.45) is 3.84. The minimum absolute atomic E-state index is 0.340. The number of allylic oxidation sites excluding steroid dienone is 1. The van der Waals surface area contributed by atoms with Crippen molar-refractivity contribution in [1.29, 1.82) is 0 Å². The van der Waals surface area contributed by atoms with Gasteiger partial charge in [0.2, 0.25) is 0 Å². The van der Waals surface area contributed by atoms with Gasteiger partial charge in [-0.2, -0.15) is 0 Å². The summed E-state index contributed by atoms with van der Waals surface area (Å²) >= 11 is 0. The molecule has 1 aliphatic carbocycles. The number of carbonyl (C=O) groups is 1. The third-order valence-electron chi connectivity index (χ3n) is 5.15. The molecule has 23 heavy (non-hydrogen) atoms. The summed E-state index contributed by atoms with van der Waals surface area (Å²) < 4.78 is 0. The molecule has 0 heterocycles. The van der Waals surface area contributed by atoms with Crippen LogP contribution >= 0.6 is 0 Å². The molecule has 0 spiro atoms. The van der Waals surface area contributed by atoms with Gasteiger partial charge in [0, 0.05) is 6.42 Å². The van der Waals surface area contributed by atoms with Crippen molar-refractivity contribution in [1.82, 2.24) is 0 Å². The molecule has 0 aromatic heterocycles. The fraction of sp³-hybridized carbons (Fsp3) is 0.286. The number of hydrogen-bond donors (Lipinski definition) is 0. The van der Waals surface area contributed by atoms with E-state index < -0.39 is 8.07 Å². The lowest BCUT2D eigenvalue weighted by molar-refractivity contribution is -0.114. The van der Waals surface area contributed by atoms with E-state index in [-0.39, 0.29) is 0 Å². The van der Waals surface area contributed by atoms with Crippen molar-refractivity contribution in [3.05, 3.63) is 71.3 Å². The molecule has 2 aromatic rings. The molecule has 2 aromatic carbocycles. The first-order valence-electron chi connectivity index (χ1n) is 8.35. The van der Waals surface area contributed by atoms with Gasteiger partial charge in [0.25, 0.3) is 0 Å². The smallest absolute Gasteiger partial charge is 0.158 e. The number of Topliss-reactive ketones (excluding diaryl/α,β-unsaturated/α-hetero) is 1. The van der Waals surface area contributed by atoms with Crippen LogP contribution in [0.2, 0.25) is 18.6 Å². The van der Waals surface area contributed by atoms with E-state index in [1.165, 1.54) is 10.8 Å². The van der Waals surface area contributed by atoms with Crippen molar-refractivity contribution in [3.8, 4) is 0 Å². The first-order chi connectivity index (χ1) is 11.0. The Morgan fingerprint density at radius 1 is 1.00 bits per heavy atom. The Morgan fingerprint density at radius 2 is 1.65 bits per heavy atom. The van der Waals surface area contributed by atoms with E-state index in [0.29, 0.717) is 17.7 Å². The monoisotopic (exact) mass is 320 g/mol. The molecule has 1 saturated carbocycles. The van der Waals surface area contributed by atoms with Gasteiger partial charge in [-0.1, -0.05) is 78.4 Å². The second kappa shape index (κ2) is 6.29. The fourth-order valence-electron chi connectivity index (χ4n) is 3.61. The zero-order valence-corrected chi connectivity index (χ0v) is 15.2. The van der Waals surface area contributed by atoms with Gasteiger partial charge in [0.1, 0.15) is 0 Å². The lowest BCUT2D eigenvalue weighted by atomic mass is 10.1. The Morgan fingerprint density at radius 3 is 2.30 bits per heavy atom. The average Bonchev–Trinajstić information content (AvgIpc) is 2.92. The molecule has 0 radical (unpaired) electrons. The molecule has 1 unspecified atom stereocenters. The van der Waals surface area contributed by atoms with Crippen LogP contribution in [-0.4, -0.2) is 13.9 Å². The lowest BCUT2D eigenvalue weighted by Crippen LogP contribution is -2.45. The molecule has 0 aliphatic heterocycles. The predicted octanol–water partition coefficient (Wildman–Crippen LogP) is 4.73. The average molecular weight is 321 g/mol. The van der Waals surface area contributed by atoms with Crippen molar-refractivity contribution in [3.63, 3.8) is 0 Å². The van der Waals surface area contributed by atoms with Gasteiger partial charge in [-0.05, 0) is 36.1 Å². The van der Waals surface area contributed by atoms with Crippen LogP contribution in [0.15, 0.2) is 60.2 Å². The molecule has 1 fully saturated rings.